The molecule has 2 aromatic rings. The predicted octanol–water partition coefficient (Wildman–Crippen LogP) is 3.62. The molecule has 98 valence electrons. The summed E-state index contributed by atoms with van der Waals surface area (Å²) in [5.41, 5.74) is 7.53. The molecule has 0 aliphatic carbocycles. The maximum atomic E-state index is 13.0. The smallest absolute Gasteiger partial charge is 0.255 e. The van der Waals surface area contributed by atoms with Gasteiger partial charge in [-0.2, -0.15) is 0 Å². The number of hydrogen-bond donors (Lipinski definition) is 2. The molecule has 0 radical (unpaired) electrons. The van der Waals surface area contributed by atoms with Crippen LogP contribution in [0.2, 0.25) is 5.02 Å². The van der Waals surface area contributed by atoms with E-state index in [9.17, 15) is 9.18 Å². The number of benzene rings is 2. The molecule has 19 heavy (non-hydrogen) atoms. The number of carbonyl (C=O) groups excluding carboxylic acids is 1. The molecular weight excluding hydrogens is 267 g/mol. The zero-order chi connectivity index (χ0) is 14.0. The Labute approximate surface area is 115 Å². The first-order valence-corrected chi connectivity index (χ1v) is 5.97. The quantitative estimate of drug-likeness (QED) is 0.824. The second-order valence-electron chi connectivity index (χ2n) is 4.14. The molecule has 0 heterocycles. The third-order valence-electron chi connectivity index (χ3n) is 2.70. The van der Waals surface area contributed by atoms with Crippen LogP contribution in [-0.2, 0) is 0 Å². The molecule has 0 saturated carbocycles. The molecule has 0 unspecified atom stereocenters. The molecule has 0 aliphatic heterocycles. The van der Waals surface area contributed by atoms with Gasteiger partial charge in [-0.25, -0.2) is 4.39 Å². The lowest BCUT2D eigenvalue weighted by molar-refractivity contribution is 0.102. The molecule has 0 aliphatic rings. The number of aryl methyl sites for hydroxylation is 1. The minimum atomic E-state index is -0.378. The molecule has 5 heteroatoms. The molecule has 0 aromatic heterocycles. The number of halogens is 2. The fourth-order valence-electron chi connectivity index (χ4n) is 1.71. The summed E-state index contributed by atoms with van der Waals surface area (Å²) in [6.45, 7) is 1.67. The van der Waals surface area contributed by atoms with E-state index in [0.29, 0.717) is 27.5 Å². The van der Waals surface area contributed by atoms with Gasteiger partial charge < -0.3 is 11.1 Å². The maximum Gasteiger partial charge on any atom is 0.255 e. The third-order valence-corrected chi connectivity index (χ3v) is 2.93. The summed E-state index contributed by atoms with van der Waals surface area (Å²) in [4.78, 5) is 12.1. The van der Waals surface area contributed by atoms with Crippen molar-refractivity contribution in [3.8, 4) is 0 Å². The largest absolute Gasteiger partial charge is 0.397 e. The van der Waals surface area contributed by atoms with Crippen molar-refractivity contribution in [2.75, 3.05) is 11.1 Å². The summed E-state index contributed by atoms with van der Waals surface area (Å²) >= 11 is 5.84. The van der Waals surface area contributed by atoms with Gasteiger partial charge in [0.15, 0.2) is 0 Å². The Balaban J connectivity index is 2.28. The van der Waals surface area contributed by atoms with Gasteiger partial charge in [-0.15, -0.1) is 0 Å². The van der Waals surface area contributed by atoms with Gasteiger partial charge in [-0.05, 0) is 48.9 Å². The second kappa shape index (κ2) is 5.28. The first kappa shape index (κ1) is 13.4. The van der Waals surface area contributed by atoms with Gasteiger partial charge in [0, 0.05) is 10.6 Å². The van der Waals surface area contributed by atoms with E-state index in [0.717, 1.165) is 0 Å². The molecule has 0 fully saturated rings. The van der Waals surface area contributed by atoms with E-state index >= 15 is 0 Å². The first-order chi connectivity index (χ1) is 8.97. The lowest BCUT2D eigenvalue weighted by atomic mass is 10.1. The summed E-state index contributed by atoms with van der Waals surface area (Å²) in [6.07, 6.45) is 0. The molecular formula is C14H12ClFN2O. The Kier molecular flexibility index (Phi) is 3.71. The van der Waals surface area contributed by atoms with E-state index in [4.69, 9.17) is 17.3 Å². The highest BCUT2D eigenvalue weighted by molar-refractivity contribution is 6.31. The standard InChI is InChI=1S/C14H12ClFN2O/c1-8-6-10(16)3-4-11(8)14(19)18-13-7-9(15)2-5-12(13)17/h2-7H,17H2,1H3,(H,18,19). The zero-order valence-corrected chi connectivity index (χ0v) is 11.0. The van der Waals surface area contributed by atoms with Crippen molar-refractivity contribution in [1.82, 2.24) is 0 Å². The van der Waals surface area contributed by atoms with Gasteiger partial charge in [0.05, 0.1) is 11.4 Å². The van der Waals surface area contributed by atoms with Crippen LogP contribution >= 0.6 is 11.6 Å². The maximum absolute atomic E-state index is 13.0. The van der Waals surface area contributed by atoms with E-state index in [1.165, 1.54) is 18.2 Å². The molecule has 0 atom stereocenters. The van der Waals surface area contributed by atoms with Gasteiger partial charge in [0.25, 0.3) is 5.91 Å². The number of anilines is 2. The SMILES string of the molecule is Cc1cc(F)ccc1C(=O)Nc1cc(Cl)ccc1N. The Morgan fingerprint density at radius 2 is 2.00 bits per heavy atom. The van der Waals surface area contributed by atoms with Crippen molar-refractivity contribution in [2.24, 2.45) is 0 Å². The number of nitrogens with two attached hydrogens (primary N) is 1. The lowest BCUT2D eigenvalue weighted by Crippen LogP contribution is -2.14. The topological polar surface area (TPSA) is 55.1 Å². The van der Waals surface area contributed by atoms with Crippen LogP contribution in [0.15, 0.2) is 36.4 Å². The van der Waals surface area contributed by atoms with Gasteiger partial charge >= 0.3 is 0 Å². The van der Waals surface area contributed by atoms with Crippen LogP contribution in [0, 0.1) is 12.7 Å². The van der Waals surface area contributed by atoms with E-state index in [1.54, 1.807) is 25.1 Å². The average molecular weight is 279 g/mol. The number of hydrogen-bond acceptors (Lipinski definition) is 2. The van der Waals surface area contributed by atoms with Crippen molar-refractivity contribution in [3.05, 3.63) is 58.4 Å². The normalized spacial score (nSPS) is 10.3. The van der Waals surface area contributed by atoms with Gasteiger partial charge in [0.2, 0.25) is 0 Å². The van der Waals surface area contributed by atoms with Crippen LogP contribution in [0.25, 0.3) is 0 Å². The number of amides is 1. The minimum Gasteiger partial charge on any atom is -0.397 e. The van der Waals surface area contributed by atoms with Crippen molar-refractivity contribution in [3.63, 3.8) is 0 Å². The highest BCUT2D eigenvalue weighted by Gasteiger charge is 2.11. The van der Waals surface area contributed by atoms with Crippen molar-refractivity contribution in [2.45, 2.75) is 6.92 Å². The van der Waals surface area contributed by atoms with E-state index in [-0.39, 0.29) is 11.7 Å². The molecule has 3 nitrogen and oxygen atoms in total. The van der Waals surface area contributed by atoms with Crippen LogP contribution in [0.3, 0.4) is 0 Å². The summed E-state index contributed by atoms with van der Waals surface area (Å²) < 4.78 is 13.0. The summed E-state index contributed by atoms with van der Waals surface area (Å²) in [5.74, 6) is -0.734. The van der Waals surface area contributed by atoms with Gasteiger partial charge in [-0.1, -0.05) is 11.6 Å². The highest BCUT2D eigenvalue weighted by atomic mass is 35.5. The van der Waals surface area contributed by atoms with Crippen LogP contribution in [0.5, 0.6) is 0 Å². The van der Waals surface area contributed by atoms with Crippen molar-refractivity contribution < 1.29 is 9.18 Å². The molecule has 3 N–H and O–H groups in total. The molecule has 0 saturated heterocycles. The summed E-state index contributed by atoms with van der Waals surface area (Å²) in [5, 5.41) is 3.13. The number of nitrogen functional groups attached to an aromatic ring is 1. The van der Waals surface area contributed by atoms with Crippen LogP contribution < -0.4 is 11.1 Å². The highest BCUT2D eigenvalue weighted by Crippen LogP contribution is 2.24. The molecule has 2 rings (SSSR count). The minimum absolute atomic E-state index is 0.355. The third kappa shape index (κ3) is 3.03. The Bertz CT molecular complexity index is 643. The van der Waals surface area contributed by atoms with E-state index < -0.39 is 0 Å². The monoisotopic (exact) mass is 278 g/mol. The number of rotatable bonds is 2. The molecule has 1 amide bonds. The molecule has 0 bridgehead atoms. The Morgan fingerprint density at radius 1 is 1.26 bits per heavy atom. The fraction of sp³-hybridized carbons (Fsp3) is 0.0714. The van der Waals surface area contributed by atoms with Crippen LogP contribution in [0.4, 0.5) is 15.8 Å². The van der Waals surface area contributed by atoms with Gasteiger partial charge in [-0.3, -0.25) is 4.79 Å². The van der Waals surface area contributed by atoms with Crippen LogP contribution in [-0.4, -0.2) is 5.91 Å². The number of carbonyl (C=O) groups is 1. The summed E-state index contributed by atoms with van der Waals surface area (Å²) in [6, 6.07) is 8.78. The van der Waals surface area contributed by atoms with Crippen molar-refractivity contribution >= 4 is 28.9 Å². The predicted molar refractivity (Wildman–Crippen MR) is 75.0 cm³/mol. The van der Waals surface area contributed by atoms with Gasteiger partial charge in [0.1, 0.15) is 5.82 Å². The number of nitrogens with one attached hydrogen (secondary N) is 1. The van der Waals surface area contributed by atoms with Crippen molar-refractivity contribution in [1.29, 1.82) is 0 Å². The first-order valence-electron chi connectivity index (χ1n) is 5.60. The fourth-order valence-corrected chi connectivity index (χ4v) is 1.88. The average Bonchev–Trinajstić information content (AvgIpc) is 2.33. The Morgan fingerprint density at radius 3 is 2.68 bits per heavy atom. The lowest BCUT2D eigenvalue weighted by Gasteiger charge is -2.10. The summed E-state index contributed by atoms with van der Waals surface area (Å²) in [7, 11) is 0. The Hall–Kier alpha value is -2.07. The second-order valence-corrected chi connectivity index (χ2v) is 4.58. The molecule has 2 aromatic carbocycles. The van der Waals surface area contributed by atoms with E-state index in [1.807, 2.05) is 0 Å². The van der Waals surface area contributed by atoms with E-state index in [2.05, 4.69) is 5.32 Å². The molecule has 0 spiro atoms. The van der Waals surface area contributed by atoms with Crippen LogP contribution in [0.1, 0.15) is 15.9 Å². The zero-order valence-electron chi connectivity index (χ0n) is 10.2.